The minimum atomic E-state index is -0.558. The average Bonchev–Trinajstić information content (AvgIpc) is 2.82. The fourth-order valence-electron chi connectivity index (χ4n) is 2.56. The summed E-state index contributed by atoms with van der Waals surface area (Å²) in [4.78, 5) is 24.2. The summed E-state index contributed by atoms with van der Waals surface area (Å²) in [6.45, 7) is 0. The molecule has 6 nitrogen and oxygen atoms in total. The van der Waals surface area contributed by atoms with Gasteiger partial charge in [0.25, 0.3) is 0 Å². The van der Waals surface area contributed by atoms with E-state index in [-0.39, 0.29) is 18.1 Å². The highest BCUT2D eigenvalue weighted by atomic mass is 16.5. The lowest BCUT2D eigenvalue weighted by Crippen LogP contribution is -2.24. The van der Waals surface area contributed by atoms with Crippen LogP contribution < -0.4 is 19.5 Å². The third-order valence-electron chi connectivity index (χ3n) is 3.47. The van der Waals surface area contributed by atoms with E-state index in [9.17, 15) is 9.59 Å². The fraction of sp³-hybridized carbons (Fsp3) is 0.429. The fourth-order valence-corrected chi connectivity index (χ4v) is 2.56. The zero-order chi connectivity index (χ0) is 14.9. The topological polar surface area (TPSA) is 73.9 Å². The molecule has 1 aliphatic rings. The number of ketones is 1. The largest absolute Gasteiger partial charge is 0.496 e. The standard InChI is InChI=1S/C14H17NO5/c1-15-14(17)7-5-8(16)12-11(7)9(18-2)6-10(19-3)13(12)20-4/h6-7H,5H2,1-4H3,(H,15,17). The van der Waals surface area contributed by atoms with Gasteiger partial charge >= 0.3 is 0 Å². The number of methoxy groups -OCH3 is 3. The lowest BCUT2D eigenvalue weighted by molar-refractivity contribution is -0.121. The van der Waals surface area contributed by atoms with Crippen LogP contribution in [0.5, 0.6) is 17.2 Å². The van der Waals surface area contributed by atoms with Crippen molar-refractivity contribution in [1.29, 1.82) is 0 Å². The van der Waals surface area contributed by atoms with E-state index in [1.165, 1.54) is 28.4 Å². The summed E-state index contributed by atoms with van der Waals surface area (Å²) in [7, 11) is 5.98. The quantitative estimate of drug-likeness (QED) is 0.894. The number of benzene rings is 1. The Balaban J connectivity index is 2.72. The molecule has 0 bridgehead atoms. The van der Waals surface area contributed by atoms with Crippen molar-refractivity contribution in [3.63, 3.8) is 0 Å². The van der Waals surface area contributed by atoms with Gasteiger partial charge < -0.3 is 19.5 Å². The Morgan fingerprint density at radius 1 is 1.20 bits per heavy atom. The van der Waals surface area contributed by atoms with Crippen molar-refractivity contribution in [3.05, 3.63) is 17.2 Å². The third-order valence-corrected chi connectivity index (χ3v) is 3.47. The van der Waals surface area contributed by atoms with E-state index in [2.05, 4.69) is 5.32 Å². The Morgan fingerprint density at radius 2 is 1.85 bits per heavy atom. The smallest absolute Gasteiger partial charge is 0.227 e. The molecular weight excluding hydrogens is 262 g/mol. The first kappa shape index (κ1) is 14.2. The van der Waals surface area contributed by atoms with Crippen molar-refractivity contribution in [2.24, 2.45) is 0 Å². The van der Waals surface area contributed by atoms with Crippen molar-refractivity contribution in [3.8, 4) is 17.2 Å². The Hall–Kier alpha value is -2.24. The van der Waals surface area contributed by atoms with Crippen LogP contribution in [0.25, 0.3) is 0 Å². The van der Waals surface area contributed by atoms with Gasteiger partial charge in [-0.1, -0.05) is 0 Å². The van der Waals surface area contributed by atoms with Gasteiger partial charge in [0.05, 0.1) is 32.8 Å². The predicted octanol–water partition coefficient (Wildman–Crippen LogP) is 1.13. The molecule has 1 aromatic rings. The molecule has 1 atom stereocenters. The summed E-state index contributed by atoms with van der Waals surface area (Å²) in [5.41, 5.74) is 0.937. The summed E-state index contributed by atoms with van der Waals surface area (Å²) in [5.74, 6) is 0.285. The van der Waals surface area contributed by atoms with Gasteiger partial charge in [0.1, 0.15) is 5.75 Å². The van der Waals surface area contributed by atoms with Gasteiger partial charge in [0.2, 0.25) is 5.91 Å². The number of likely N-dealkylation sites (N-methyl/N-ethyl adjacent to an activating group) is 1. The Bertz CT molecular complexity index is 567. The molecule has 108 valence electrons. The van der Waals surface area contributed by atoms with Gasteiger partial charge in [-0.15, -0.1) is 0 Å². The number of hydrogen-bond donors (Lipinski definition) is 1. The SMILES string of the molecule is CNC(=O)C1CC(=O)c2c(OC)c(OC)cc(OC)c21. The number of rotatable bonds is 4. The van der Waals surface area contributed by atoms with Crippen LogP contribution >= 0.6 is 0 Å². The van der Waals surface area contributed by atoms with Crippen LogP contribution in [0, 0.1) is 0 Å². The molecule has 1 unspecified atom stereocenters. The third kappa shape index (κ3) is 1.97. The average molecular weight is 279 g/mol. The van der Waals surface area contributed by atoms with Crippen molar-refractivity contribution < 1.29 is 23.8 Å². The maximum absolute atomic E-state index is 12.2. The molecule has 0 aliphatic heterocycles. The minimum absolute atomic E-state index is 0.106. The molecule has 0 heterocycles. The first-order valence-electron chi connectivity index (χ1n) is 6.16. The van der Waals surface area contributed by atoms with E-state index in [1.807, 2.05) is 0 Å². The molecule has 2 rings (SSSR count). The van der Waals surface area contributed by atoms with Crippen LogP contribution in [-0.4, -0.2) is 40.1 Å². The van der Waals surface area contributed by atoms with Gasteiger partial charge in [0, 0.05) is 25.1 Å². The van der Waals surface area contributed by atoms with Crippen molar-refractivity contribution >= 4 is 11.7 Å². The Morgan fingerprint density at radius 3 is 2.35 bits per heavy atom. The number of fused-ring (bicyclic) bond motifs is 1. The summed E-state index contributed by atoms with van der Waals surface area (Å²) in [5, 5.41) is 2.57. The first-order chi connectivity index (χ1) is 9.58. The summed E-state index contributed by atoms with van der Waals surface area (Å²) in [6.07, 6.45) is 0.106. The summed E-state index contributed by atoms with van der Waals surface area (Å²) < 4.78 is 15.8. The van der Waals surface area contributed by atoms with E-state index >= 15 is 0 Å². The number of carbonyl (C=O) groups is 2. The van der Waals surface area contributed by atoms with Gasteiger partial charge in [-0.2, -0.15) is 0 Å². The van der Waals surface area contributed by atoms with E-state index in [0.29, 0.717) is 28.4 Å². The molecule has 0 radical (unpaired) electrons. The summed E-state index contributed by atoms with van der Waals surface area (Å²) in [6, 6.07) is 1.63. The first-order valence-corrected chi connectivity index (χ1v) is 6.16. The zero-order valence-corrected chi connectivity index (χ0v) is 11.9. The molecule has 1 aliphatic carbocycles. The molecule has 0 aromatic heterocycles. The van der Waals surface area contributed by atoms with E-state index < -0.39 is 5.92 Å². The summed E-state index contributed by atoms with van der Waals surface area (Å²) >= 11 is 0. The lowest BCUT2D eigenvalue weighted by atomic mass is 9.98. The highest BCUT2D eigenvalue weighted by molar-refractivity contribution is 6.10. The van der Waals surface area contributed by atoms with Crippen LogP contribution in [0.1, 0.15) is 28.3 Å². The molecule has 0 spiro atoms. The van der Waals surface area contributed by atoms with E-state index in [0.717, 1.165) is 0 Å². The van der Waals surface area contributed by atoms with Crippen LogP contribution in [0.4, 0.5) is 0 Å². The van der Waals surface area contributed by atoms with Crippen LogP contribution in [0.15, 0.2) is 6.07 Å². The molecule has 20 heavy (non-hydrogen) atoms. The van der Waals surface area contributed by atoms with Gasteiger partial charge in [-0.3, -0.25) is 9.59 Å². The second kappa shape index (κ2) is 5.40. The Kier molecular flexibility index (Phi) is 3.83. The molecular formula is C14H17NO5. The number of amides is 1. The van der Waals surface area contributed by atoms with Gasteiger partial charge in [-0.05, 0) is 0 Å². The molecule has 1 N–H and O–H groups in total. The van der Waals surface area contributed by atoms with Crippen LogP contribution in [0.2, 0.25) is 0 Å². The molecule has 1 amide bonds. The molecule has 0 saturated heterocycles. The lowest BCUT2D eigenvalue weighted by Gasteiger charge is -2.17. The number of hydrogen-bond acceptors (Lipinski definition) is 5. The maximum Gasteiger partial charge on any atom is 0.227 e. The number of nitrogens with one attached hydrogen (secondary N) is 1. The molecule has 0 saturated carbocycles. The molecule has 6 heteroatoms. The van der Waals surface area contributed by atoms with E-state index in [4.69, 9.17) is 14.2 Å². The van der Waals surface area contributed by atoms with Crippen molar-refractivity contribution in [2.45, 2.75) is 12.3 Å². The maximum atomic E-state index is 12.2. The van der Waals surface area contributed by atoms with E-state index in [1.54, 1.807) is 6.07 Å². The number of Topliss-reactive ketones (excluding diaryl/α,β-unsaturated/α-hetero) is 1. The predicted molar refractivity (Wildman–Crippen MR) is 71.9 cm³/mol. The van der Waals surface area contributed by atoms with Crippen molar-refractivity contribution in [1.82, 2.24) is 5.32 Å². The van der Waals surface area contributed by atoms with Gasteiger partial charge in [-0.25, -0.2) is 0 Å². The van der Waals surface area contributed by atoms with Crippen LogP contribution in [0.3, 0.4) is 0 Å². The van der Waals surface area contributed by atoms with Gasteiger partial charge in [0.15, 0.2) is 17.3 Å². The Labute approximate surface area is 117 Å². The minimum Gasteiger partial charge on any atom is -0.496 e. The van der Waals surface area contributed by atoms with Crippen LogP contribution in [-0.2, 0) is 4.79 Å². The highest BCUT2D eigenvalue weighted by Crippen LogP contribution is 2.48. The zero-order valence-electron chi connectivity index (χ0n) is 11.9. The normalized spacial score (nSPS) is 16.6. The molecule has 0 fully saturated rings. The monoisotopic (exact) mass is 279 g/mol. The number of ether oxygens (including phenoxy) is 3. The molecule has 1 aromatic carbocycles. The number of carbonyl (C=O) groups excluding carboxylic acids is 2. The second-order valence-corrected chi connectivity index (χ2v) is 4.40. The highest BCUT2D eigenvalue weighted by Gasteiger charge is 2.40. The second-order valence-electron chi connectivity index (χ2n) is 4.40. The van der Waals surface area contributed by atoms with Crippen molar-refractivity contribution in [2.75, 3.05) is 28.4 Å².